The van der Waals surface area contributed by atoms with Gasteiger partial charge in [-0.2, -0.15) is 4.80 Å². The Morgan fingerprint density at radius 3 is 2.75 bits per heavy atom. The van der Waals surface area contributed by atoms with Crippen molar-refractivity contribution in [3.8, 4) is 17.1 Å². The Balaban J connectivity index is 1.43. The van der Waals surface area contributed by atoms with Crippen molar-refractivity contribution in [1.29, 1.82) is 0 Å². The second-order valence-electron chi connectivity index (χ2n) is 13.4. The smallest absolute Gasteiger partial charge is 0.408 e. The van der Waals surface area contributed by atoms with E-state index in [4.69, 9.17) is 9.47 Å². The SMILES string of the molecule is C=CCOc1ccc(-c2nnn([C@H]3C[C@H]4C(=O)N[C@@]5(C(=O)O)C[C@H]5/C=C\CCCCC[C@@H](NC(=O)OC(C)(C)C)C(=O)N4C3)n2)cc1Br. The van der Waals surface area contributed by atoms with Crippen LogP contribution in [0.15, 0.2) is 47.5 Å². The van der Waals surface area contributed by atoms with Crippen LogP contribution < -0.4 is 15.4 Å². The van der Waals surface area contributed by atoms with Gasteiger partial charge in [-0.1, -0.05) is 37.6 Å². The highest BCUT2D eigenvalue weighted by Gasteiger charge is 2.61. The summed E-state index contributed by atoms with van der Waals surface area (Å²) in [5, 5.41) is 28.7. The van der Waals surface area contributed by atoms with Gasteiger partial charge in [-0.25, -0.2) is 9.59 Å². The lowest BCUT2D eigenvalue weighted by molar-refractivity contribution is -0.145. The van der Waals surface area contributed by atoms with Crippen LogP contribution in [0.1, 0.15) is 71.8 Å². The molecule has 0 bridgehead atoms. The van der Waals surface area contributed by atoms with Crippen LogP contribution in [0.3, 0.4) is 0 Å². The predicted octanol–water partition coefficient (Wildman–Crippen LogP) is 4.18. The number of nitrogens with one attached hydrogen (secondary N) is 2. The van der Waals surface area contributed by atoms with E-state index >= 15 is 0 Å². The lowest BCUT2D eigenvalue weighted by Crippen LogP contribution is -2.56. The number of allylic oxidation sites excluding steroid dienone is 1. The van der Waals surface area contributed by atoms with Crippen molar-refractivity contribution in [2.24, 2.45) is 5.92 Å². The van der Waals surface area contributed by atoms with Gasteiger partial charge in [0.15, 0.2) is 0 Å². The van der Waals surface area contributed by atoms with E-state index in [1.807, 2.05) is 12.2 Å². The summed E-state index contributed by atoms with van der Waals surface area (Å²) in [5.41, 5.74) is -1.56. The molecule has 1 aromatic carbocycles. The topological polar surface area (TPSA) is 178 Å². The van der Waals surface area contributed by atoms with E-state index in [0.717, 1.165) is 19.3 Å². The van der Waals surface area contributed by atoms with Crippen molar-refractivity contribution >= 4 is 39.8 Å². The molecule has 2 aromatic rings. The summed E-state index contributed by atoms with van der Waals surface area (Å²) in [7, 11) is 0. The van der Waals surface area contributed by atoms with Gasteiger partial charge in [0.1, 0.15) is 35.6 Å². The van der Waals surface area contributed by atoms with Crippen molar-refractivity contribution in [1.82, 2.24) is 35.7 Å². The minimum atomic E-state index is -1.44. The first kappa shape index (κ1) is 35.0. The van der Waals surface area contributed by atoms with E-state index in [2.05, 4.69) is 48.6 Å². The fourth-order valence-electron chi connectivity index (χ4n) is 6.10. The number of carboxylic acid groups (broad SMARTS) is 1. The molecule has 0 spiro atoms. The Hall–Kier alpha value is -4.27. The molecule has 1 aromatic heterocycles. The molecule has 3 N–H and O–H groups in total. The molecule has 5 rings (SSSR count). The van der Waals surface area contributed by atoms with Crippen molar-refractivity contribution in [3.05, 3.63) is 47.5 Å². The van der Waals surface area contributed by atoms with E-state index in [9.17, 15) is 24.3 Å². The number of ether oxygens (including phenoxy) is 2. The van der Waals surface area contributed by atoms with Gasteiger partial charge in [-0.05, 0) is 85.8 Å². The van der Waals surface area contributed by atoms with Crippen molar-refractivity contribution in [2.75, 3.05) is 13.2 Å². The number of aromatic nitrogens is 4. The van der Waals surface area contributed by atoms with E-state index < -0.39 is 53.1 Å². The quantitative estimate of drug-likeness (QED) is 0.351. The number of hydrogen-bond donors (Lipinski definition) is 3. The maximum Gasteiger partial charge on any atom is 0.408 e. The molecule has 2 fully saturated rings. The molecule has 15 heteroatoms. The molecule has 0 radical (unpaired) electrons. The summed E-state index contributed by atoms with van der Waals surface area (Å²) in [4.78, 5) is 56.1. The molecular weight excluding hydrogens is 686 g/mol. The Labute approximate surface area is 287 Å². The fourth-order valence-corrected chi connectivity index (χ4v) is 6.59. The van der Waals surface area contributed by atoms with E-state index in [1.165, 1.54) is 9.70 Å². The second-order valence-corrected chi connectivity index (χ2v) is 14.3. The molecule has 14 nitrogen and oxygen atoms in total. The standard InChI is InChI=1S/C33H42BrN7O7/c1-5-15-47-26-14-13-20(16-23(26)34)27-37-39-41(38-27)22-17-25-28(42)36-33(30(44)45)18-21(33)11-9-7-6-8-10-12-24(29(43)40(25)19-22)35-31(46)48-32(2,3)4/h5,9,11,13-14,16,21-22,24-25H,1,6-8,10,12,15,17-19H2,2-4H3,(H,35,46)(H,36,42)(H,44,45)/b11-9-/t21-,22+,24-,25+,33+/m1/s1. The normalized spacial score (nSPS) is 27.0. The minimum Gasteiger partial charge on any atom is -0.488 e. The zero-order valence-corrected chi connectivity index (χ0v) is 28.9. The Morgan fingerprint density at radius 1 is 1.25 bits per heavy atom. The molecule has 3 amide bonds. The molecule has 2 aliphatic heterocycles. The van der Waals surface area contributed by atoms with Gasteiger partial charge < -0.3 is 30.1 Å². The molecule has 1 saturated carbocycles. The van der Waals surface area contributed by atoms with E-state index in [-0.39, 0.29) is 25.3 Å². The van der Waals surface area contributed by atoms with Crippen molar-refractivity contribution in [3.63, 3.8) is 0 Å². The third kappa shape index (κ3) is 8.05. The van der Waals surface area contributed by atoms with Crippen molar-refractivity contribution < 1.29 is 33.8 Å². The average molecular weight is 729 g/mol. The summed E-state index contributed by atoms with van der Waals surface area (Å²) < 4.78 is 11.8. The van der Waals surface area contributed by atoms with E-state index in [0.29, 0.717) is 41.1 Å². The van der Waals surface area contributed by atoms with Crippen molar-refractivity contribution in [2.45, 2.75) is 95.0 Å². The number of amides is 3. The van der Waals surface area contributed by atoms with Crippen LogP contribution in [0.25, 0.3) is 11.4 Å². The highest BCUT2D eigenvalue weighted by atomic mass is 79.9. The van der Waals surface area contributed by atoms with Gasteiger partial charge in [0.2, 0.25) is 17.6 Å². The molecule has 5 atom stereocenters. The van der Waals surface area contributed by atoms with E-state index in [1.54, 1.807) is 45.0 Å². The summed E-state index contributed by atoms with van der Waals surface area (Å²) in [5.74, 6) is -1.58. The first-order chi connectivity index (χ1) is 22.8. The van der Waals surface area contributed by atoms with Gasteiger partial charge in [-0.15, -0.1) is 10.2 Å². The number of benzene rings is 1. The third-order valence-electron chi connectivity index (χ3n) is 8.63. The summed E-state index contributed by atoms with van der Waals surface area (Å²) in [6.07, 6.45) is 8.46. The van der Waals surface area contributed by atoms with Crippen LogP contribution in [-0.2, 0) is 19.1 Å². The highest BCUT2D eigenvalue weighted by molar-refractivity contribution is 9.10. The first-order valence-electron chi connectivity index (χ1n) is 16.2. The van der Waals surface area contributed by atoms with Crippen LogP contribution in [0.2, 0.25) is 0 Å². The summed E-state index contributed by atoms with van der Waals surface area (Å²) >= 11 is 3.50. The third-order valence-corrected chi connectivity index (χ3v) is 9.25. The zero-order valence-electron chi connectivity index (χ0n) is 27.4. The maximum absolute atomic E-state index is 14.2. The average Bonchev–Trinajstić information content (AvgIpc) is 3.32. The molecular formula is C33H42BrN7O7. The van der Waals surface area contributed by atoms with Gasteiger partial charge in [-0.3, -0.25) is 9.59 Å². The van der Waals surface area contributed by atoms with Crippen LogP contribution in [0.5, 0.6) is 5.75 Å². The number of carbonyl (C=O) groups is 4. The van der Waals surface area contributed by atoms with Gasteiger partial charge >= 0.3 is 12.1 Å². The molecule has 48 heavy (non-hydrogen) atoms. The number of aliphatic carboxylic acids is 1. The van der Waals surface area contributed by atoms with Crippen LogP contribution in [-0.4, -0.2) is 90.5 Å². The Morgan fingerprint density at radius 2 is 2.04 bits per heavy atom. The monoisotopic (exact) mass is 727 g/mol. The maximum atomic E-state index is 14.2. The number of hydrogen-bond acceptors (Lipinski definition) is 9. The first-order valence-corrected chi connectivity index (χ1v) is 17.0. The summed E-state index contributed by atoms with van der Waals surface area (Å²) in [6.45, 7) is 9.24. The largest absolute Gasteiger partial charge is 0.488 e. The molecule has 0 unspecified atom stereocenters. The molecule has 3 aliphatic rings. The number of rotatable bonds is 7. The molecule has 1 aliphatic carbocycles. The van der Waals surface area contributed by atoms with Crippen LogP contribution in [0.4, 0.5) is 4.79 Å². The van der Waals surface area contributed by atoms with Gasteiger partial charge in [0.25, 0.3) is 0 Å². The Kier molecular flexibility index (Phi) is 10.6. The lowest BCUT2D eigenvalue weighted by Gasteiger charge is -2.30. The summed E-state index contributed by atoms with van der Waals surface area (Å²) in [6, 6.07) is 2.81. The lowest BCUT2D eigenvalue weighted by atomic mass is 10.0. The molecule has 258 valence electrons. The van der Waals surface area contributed by atoms with Gasteiger partial charge in [0, 0.05) is 24.4 Å². The predicted molar refractivity (Wildman–Crippen MR) is 178 cm³/mol. The minimum absolute atomic E-state index is 0.0423. The number of fused-ring (bicyclic) bond motifs is 2. The number of nitrogens with zero attached hydrogens (tertiary/aromatic N) is 5. The Bertz CT molecular complexity index is 1590. The molecule has 1 saturated heterocycles. The second kappa shape index (κ2) is 14.5. The van der Waals surface area contributed by atoms with Crippen LogP contribution >= 0.6 is 15.9 Å². The number of alkyl carbamates (subject to hydrolysis) is 1. The fraction of sp³-hybridized carbons (Fsp3) is 0.545. The van der Waals surface area contributed by atoms with Gasteiger partial charge in [0.05, 0.1) is 10.5 Å². The number of tetrazole rings is 1. The zero-order chi connectivity index (χ0) is 34.6. The van der Waals surface area contributed by atoms with Crippen LogP contribution in [0, 0.1) is 5.92 Å². The highest BCUT2D eigenvalue weighted by Crippen LogP contribution is 2.45. The number of carbonyl (C=O) groups excluding carboxylic acids is 3. The number of halogens is 1. The number of carboxylic acids is 1. The molecule has 3 heterocycles.